The predicted molar refractivity (Wildman–Crippen MR) is 212 cm³/mol. The van der Waals surface area contributed by atoms with Gasteiger partial charge in [-0.2, -0.15) is 0 Å². The van der Waals surface area contributed by atoms with Gasteiger partial charge in [-0.1, -0.05) is 100 Å². The third-order valence-corrected chi connectivity index (χ3v) is 10.8. The Bertz CT molecular complexity index is 1630. The zero-order chi connectivity index (χ0) is 36.5. The second-order valence-corrected chi connectivity index (χ2v) is 15.4. The molecule has 0 aliphatic carbocycles. The van der Waals surface area contributed by atoms with Crippen LogP contribution in [-0.2, 0) is 20.4 Å². The first-order valence-corrected chi connectivity index (χ1v) is 18.6. The highest BCUT2D eigenvalue weighted by Crippen LogP contribution is 2.47. The summed E-state index contributed by atoms with van der Waals surface area (Å²) < 4.78 is 6.61. The van der Waals surface area contributed by atoms with E-state index in [-0.39, 0.29) is 30.0 Å². The molecule has 1 amide bonds. The van der Waals surface area contributed by atoms with Gasteiger partial charge in [0.25, 0.3) is 0 Å². The van der Waals surface area contributed by atoms with E-state index in [0.29, 0.717) is 12.8 Å². The number of nitrogens with zero attached hydrogens (tertiary/aromatic N) is 2. The van der Waals surface area contributed by atoms with Crippen LogP contribution in [0.5, 0.6) is 0 Å². The first-order valence-electron chi connectivity index (χ1n) is 17.5. The molecule has 0 unspecified atom stereocenters. The number of unbranched alkanes of at least 4 members (excludes halogenated alkanes) is 2. The number of allylic oxidation sites excluding steroid dienone is 8. The Morgan fingerprint density at radius 3 is 2.52 bits per heavy atom. The molecule has 2 aromatic rings. The highest BCUT2D eigenvalue weighted by Gasteiger charge is 2.40. The van der Waals surface area contributed by atoms with Crippen molar-refractivity contribution in [2.75, 3.05) is 31.7 Å². The average Bonchev–Trinajstić information content (AvgIpc) is 3.30. The van der Waals surface area contributed by atoms with Gasteiger partial charge in [-0.15, -0.1) is 0 Å². The Hall–Kier alpha value is -3.09. The SMILES string of the molecule is CN=C(/C=C/C=C/C=C/C=C1/N(CCCCCC(=O)N[C@@H]2CO[C@H](CO)[C@@H](O)[C@@H]2O)c2ccccc2C1(C)C)C(C)(C)c1cc(C)ccc1I. The number of carbonyl (C=O) groups is 1. The summed E-state index contributed by atoms with van der Waals surface area (Å²) in [6.45, 7) is 11.6. The third kappa shape index (κ3) is 9.41. The fourth-order valence-electron chi connectivity index (χ4n) is 6.87. The minimum Gasteiger partial charge on any atom is -0.394 e. The number of aliphatic hydroxyl groups is 3. The summed E-state index contributed by atoms with van der Waals surface area (Å²) in [5, 5.41) is 32.4. The van der Waals surface area contributed by atoms with Crippen molar-refractivity contribution >= 4 is 39.9 Å². The first kappa shape index (κ1) is 39.7. The summed E-state index contributed by atoms with van der Waals surface area (Å²) in [6.07, 6.45) is 14.1. The van der Waals surface area contributed by atoms with E-state index in [1.54, 1.807) is 0 Å². The molecule has 2 heterocycles. The molecule has 0 aromatic heterocycles. The highest BCUT2D eigenvalue weighted by atomic mass is 127. The zero-order valence-corrected chi connectivity index (χ0v) is 32.4. The maximum absolute atomic E-state index is 12.6. The number of amides is 1. The van der Waals surface area contributed by atoms with Gasteiger partial charge >= 0.3 is 0 Å². The number of hydrogen-bond donors (Lipinski definition) is 4. The molecule has 0 radical (unpaired) electrons. The molecule has 4 N–H and O–H groups in total. The molecule has 1 fully saturated rings. The van der Waals surface area contributed by atoms with Crippen molar-refractivity contribution in [1.82, 2.24) is 5.32 Å². The second-order valence-electron chi connectivity index (χ2n) is 14.2. The molecule has 8 nitrogen and oxygen atoms in total. The van der Waals surface area contributed by atoms with Crippen molar-refractivity contribution in [3.05, 3.63) is 111 Å². The molecule has 50 heavy (non-hydrogen) atoms. The van der Waals surface area contributed by atoms with Crippen molar-refractivity contribution in [3.63, 3.8) is 0 Å². The number of benzene rings is 2. The first-order chi connectivity index (χ1) is 23.8. The van der Waals surface area contributed by atoms with Gasteiger partial charge in [-0.25, -0.2) is 0 Å². The van der Waals surface area contributed by atoms with Crippen LogP contribution < -0.4 is 10.2 Å². The molecule has 2 aliphatic rings. The van der Waals surface area contributed by atoms with Crippen LogP contribution in [0.4, 0.5) is 5.69 Å². The maximum atomic E-state index is 12.6. The van der Waals surface area contributed by atoms with E-state index in [4.69, 9.17) is 4.74 Å². The number of rotatable bonds is 14. The summed E-state index contributed by atoms with van der Waals surface area (Å²) in [5.41, 5.74) is 6.92. The number of nitrogens with one attached hydrogen (secondary N) is 1. The van der Waals surface area contributed by atoms with Gasteiger partial charge in [0, 0.05) is 51.5 Å². The van der Waals surface area contributed by atoms with Crippen LogP contribution in [0.15, 0.2) is 95.7 Å². The fourth-order valence-corrected chi connectivity index (χ4v) is 7.88. The largest absolute Gasteiger partial charge is 0.394 e. The Balaban J connectivity index is 1.33. The van der Waals surface area contributed by atoms with Crippen LogP contribution in [0.1, 0.15) is 70.1 Å². The topological polar surface area (TPSA) is 115 Å². The molecule has 2 aromatic carbocycles. The van der Waals surface area contributed by atoms with E-state index in [0.717, 1.165) is 25.1 Å². The van der Waals surface area contributed by atoms with Crippen molar-refractivity contribution < 1.29 is 24.9 Å². The normalized spacial score (nSPS) is 23.4. The fraction of sp³-hybridized carbons (Fsp3) is 0.463. The molecular weight excluding hydrogens is 741 g/mol. The van der Waals surface area contributed by atoms with Crippen LogP contribution in [0.3, 0.4) is 0 Å². The lowest BCUT2D eigenvalue weighted by Gasteiger charge is -2.37. The summed E-state index contributed by atoms with van der Waals surface area (Å²) >= 11 is 2.41. The lowest BCUT2D eigenvalue weighted by atomic mass is 9.79. The smallest absolute Gasteiger partial charge is 0.220 e. The van der Waals surface area contributed by atoms with Gasteiger partial charge in [0.05, 0.1) is 19.3 Å². The van der Waals surface area contributed by atoms with Crippen LogP contribution in [0, 0.1) is 10.5 Å². The van der Waals surface area contributed by atoms with Crippen LogP contribution in [0.2, 0.25) is 0 Å². The number of hydrogen-bond acceptors (Lipinski definition) is 7. The van der Waals surface area contributed by atoms with Gasteiger partial charge in [-0.3, -0.25) is 9.79 Å². The lowest BCUT2D eigenvalue weighted by molar-refractivity contribution is -0.164. The Labute approximate surface area is 311 Å². The summed E-state index contributed by atoms with van der Waals surface area (Å²) in [7, 11) is 1.85. The molecule has 270 valence electrons. The Morgan fingerprint density at radius 1 is 1.06 bits per heavy atom. The lowest BCUT2D eigenvalue weighted by Crippen LogP contribution is -2.59. The quantitative estimate of drug-likeness (QED) is 0.0757. The number of halogens is 1. The van der Waals surface area contributed by atoms with Crippen LogP contribution in [0.25, 0.3) is 0 Å². The van der Waals surface area contributed by atoms with Gasteiger partial charge < -0.3 is 30.3 Å². The van der Waals surface area contributed by atoms with E-state index >= 15 is 0 Å². The molecule has 0 spiro atoms. The third-order valence-electron chi connectivity index (χ3n) is 9.87. The van der Waals surface area contributed by atoms with Crippen molar-refractivity contribution in [2.45, 2.75) is 95.5 Å². The van der Waals surface area contributed by atoms with Gasteiger partial charge in [0.15, 0.2) is 0 Å². The number of ether oxygens (including phenoxy) is 1. The predicted octanol–water partition coefficient (Wildman–Crippen LogP) is 6.46. The molecule has 2 aliphatic heterocycles. The van der Waals surface area contributed by atoms with Crippen LogP contribution >= 0.6 is 22.6 Å². The van der Waals surface area contributed by atoms with E-state index in [2.05, 4.69) is 139 Å². The number of aliphatic hydroxyl groups excluding tert-OH is 3. The van der Waals surface area contributed by atoms with E-state index in [9.17, 15) is 20.1 Å². The Kier molecular flexibility index (Phi) is 14.2. The summed E-state index contributed by atoms with van der Waals surface area (Å²) in [4.78, 5) is 19.6. The van der Waals surface area contributed by atoms with E-state index in [1.165, 1.54) is 31.6 Å². The number of fused-ring (bicyclic) bond motifs is 1. The van der Waals surface area contributed by atoms with Crippen molar-refractivity contribution in [1.29, 1.82) is 0 Å². The molecule has 9 heteroatoms. The van der Waals surface area contributed by atoms with Gasteiger partial charge in [0.1, 0.15) is 18.3 Å². The monoisotopic (exact) mass is 795 g/mol. The van der Waals surface area contributed by atoms with E-state index in [1.807, 2.05) is 25.3 Å². The minimum atomic E-state index is -1.24. The van der Waals surface area contributed by atoms with Gasteiger partial charge in [-0.05, 0) is 77.8 Å². The summed E-state index contributed by atoms with van der Waals surface area (Å²) in [5.74, 6) is -0.184. The average molecular weight is 796 g/mol. The standard InChI is InChI=1S/C41H54IN3O5/c1-28-22-23-31(42)30(25-28)40(2,3)35(43-6)19-11-8-7-9-12-20-36-41(4,5)29-17-14-15-18-33(29)45(36)24-16-10-13-21-37(47)44-32-27-50-34(26-46)39(49)38(32)48/h7-9,11-12,14-15,17-20,22-23,25,32,34,38-39,46,48-49H,10,13,16,21,24,26-27H2,1-6H3,(H,44,47)/b8-7+,12-9+,19-11+,36-20+,43-35?/t32-,34-,38-,39-/m1/s1. The number of anilines is 1. The molecule has 4 rings (SSSR count). The summed E-state index contributed by atoms with van der Waals surface area (Å²) in [6, 6.07) is 14.4. The second kappa shape index (κ2) is 17.9. The molecule has 4 atom stereocenters. The molecule has 1 saturated heterocycles. The minimum absolute atomic E-state index is 0.0520. The molecular formula is C41H54IN3O5. The maximum Gasteiger partial charge on any atom is 0.220 e. The number of aliphatic imine (C=N–C) groups is 1. The number of para-hydroxylation sites is 1. The van der Waals surface area contributed by atoms with Gasteiger partial charge in [0.2, 0.25) is 5.91 Å². The van der Waals surface area contributed by atoms with Crippen molar-refractivity contribution in [2.24, 2.45) is 4.99 Å². The molecule has 0 saturated carbocycles. The molecule has 0 bridgehead atoms. The zero-order valence-electron chi connectivity index (χ0n) is 30.3. The number of carbonyl (C=O) groups excluding carboxylic acids is 1. The van der Waals surface area contributed by atoms with Crippen LogP contribution in [-0.4, -0.2) is 78.1 Å². The van der Waals surface area contributed by atoms with Crippen molar-refractivity contribution in [3.8, 4) is 0 Å². The Morgan fingerprint density at radius 2 is 1.78 bits per heavy atom. The number of aryl methyl sites for hydroxylation is 1. The highest BCUT2D eigenvalue weighted by molar-refractivity contribution is 14.1. The van der Waals surface area contributed by atoms with E-state index < -0.39 is 24.4 Å².